The number of hydrogen-bond acceptors (Lipinski definition) is 2. The van der Waals surface area contributed by atoms with E-state index in [1.54, 1.807) is 7.11 Å². The summed E-state index contributed by atoms with van der Waals surface area (Å²) in [4.78, 5) is 0. The summed E-state index contributed by atoms with van der Waals surface area (Å²) in [6, 6.07) is 15.8. The molecule has 0 aliphatic heterocycles. The monoisotopic (exact) mass is 285 g/mol. The van der Waals surface area contributed by atoms with Crippen molar-refractivity contribution in [2.45, 2.75) is 32.7 Å². The fourth-order valence-corrected chi connectivity index (χ4v) is 3.10. The summed E-state index contributed by atoms with van der Waals surface area (Å²) >= 11 is 0. The van der Waals surface area contributed by atoms with Crippen LogP contribution in [0.2, 0.25) is 0 Å². The van der Waals surface area contributed by atoms with Crippen LogP contribution in [-0.2, 0) is 11.2 Å². The highest BCUT2D eigenvalue weighted by atomic mass is 16.5. The number of fused-ring (bicyclic) bond motifs is 1. The van der Waals surface area contributed by atoms with Crippen molar-refractivity contribution >= 4 is 10.8 Å². The smallest absolute Gasteiger partial charge is 0.0488 e. The molecule has 0 radical (unpaired) electrons. The zero-order valence-electron chi connectivity index (χ0n) is 13.4. The van der Waals surface area contributed by atoms with Crippen LogP contribution >= 0.6 is 0 Å². The third-order valence-electron chi connectivity index (χ3n) is 3.98. The van der Waals surface area contributed by atoms with Gasteiger partial charge in [0.05, 0.1) is 0 Å². The van der Waals surface area contributed by atoms with Crippen molar-refractivity contribution in [2.75, 3.05) is 20.3 Å². The van der Waals surface area contributed by atoms with Gasteiger partial charge in [-0.3, -0.25) is 0 Å². The molecule has 0 bridgehead atoms. The molecule has 0 saturated heterocycles. The molecular formula is C19H27NO. The molecule has 0 aromatic heterocycles. The van der Waals surface area contributed by atoms with Crippen molar-refractivity contribution in [3.63, 3.8) is 0 Å². The Morgan fingerprint density at radius 1 is 1.10 bits per heavy atom. The molecule has 0 aliphatic rings. The first-order valence-corrected chi connectivity index (χ1v) is 7.93. The minimum Gasteiger partial charge on any atom is -0.384 e. The number of methoxy groups -OCH3 is 1. The molecule has 0 amide bonds. The molecule has 2 aromatic rings. The van der Waals surface area contributed by atoms with Crippen molar-refractivity contribution in [1.29, 1.82) is 0 Å². The van der Waals surface area contributed by atoms with Gasteiger partial charge in [-0.1, -0.05) is 56.3 Å². The number of rotatable bonds is 8. The van der Waals surface area contributed by atoms with E-state index < -0.39 is 0 Å². The van der Waals surface area contributed by atoms with Crippen LogP contribution in [0.5, 0.6) is 0 Å². The highest BCUT2D eigenvalue weighted by Gasteiger charge is 2.14. The van der Waals surface area contributed by atoms with Crippen LogP contribution in [-0.4, -0.2) is 26.3 Å². The molecule has 0 saturated carbocycles. The number of hydrogen-bond donors (Lipinski definition) is 1. The van der Waals surface area contributed by atoms with E-state index in [9.17, 15) is 0 Å². The van der Waals surface area contributed by atoms with Gasteiger partial charge in [0.15, 0.2) is 0 Å². The molecule has 0 aliphatic carbocycles. The molecule has 114 valence electrons. The summed E-state index contributed by atoms with van der Waals surface area (Å²) in [5.74, 6) is 0.578. The average Bonchev–Trinajstić information content (AvgIpc) is 2.48. The van der Waals surface area contributed by atoms with E-state index in [0.717, 1.165) is 26.0 Å². The maximum Gasteiger partial charge on any atom is 0.0488 e. The van der Waals surface area contributed by atoms with E-state index in [1.807, 2.05) is 0 Å². The molecule has 0 fully saturated rings. The number of likely N-dealkylation sites (N-methyl/N-ethyl adjacent to an activating group) is 1. The topological polar surface area (TPSA) is 21.3 Å². The average molecular weight is 285 g/mol. The maximum atomic E-state index is 5.28. The number of ether oxygens (including phenoxy) is 1. The Kier molecular flexibility index (Phi) is 6.21. The van der Waals surface area contributed by atoms with E-state index in [0.29, 0.717) is 12.0 Å². The van der Waals surface area contributed by atoms with Crippen LogP contribution < -0.4 is 5.32 Å². The first-order chi connectivity index (χ1) is 10.2. The Morgan fingerprint density at radius 2 is 1.86 bits per heavy atom. The van der Waals surface area contributed by atoms with Gasteiger partial charge < -0.3 is 10.1 Å². The molecule has 2 atom stereocenters. The minimum absolute atomic E-state index is 0.506. The van der Waals surface area contributed by atoms with E-state index in [2.05, 4.69) is 61.6 Å². The third-order valence-corrected chi connectivity index (χ3v) is 3.98. The normalized spacial score (nSPS) is 14.2. The molecular weight excluding hydrogens is 258 g/mol. The van der Waals surface area contributed by atoms with Crippen molar-refractivity contribution in [3.8, 4) is 0 Å². The van der Waals surface area contributed by atoms with Gasteiger partial charge in [0.1, 0.15) is 0 Å². The Bertz CT molecular complexity index is 547. The molecule has 2 rings (SSSR count). The molecule has 2 nitrogen and oxygen atoms in total. The van der Waals surface area contributed by atoms with Crippen LogP contribution in [0.25, 0.3) is 10.8 Å². The van der Waals surface area contributed by atoms with Crippen molar-refractivity contribution < 1.29 is 4.74 Å². The summed E-state index contributed by atoms with van der Waals surface area (Å²) in [5.41, 5.74) is 1.43. The van der Waals surface area contributed by atoms with Crippen LogP contribution in [0.15, 0.2) is 42.5 Å². The van der Waals surface area contributed by atoms with E-state index in [1.165, 1.54) is 16.3 Å². The highest BCUT2D eigenvalue weighted by Crippen LogP contribution is 2.21. The second-order valence-electron chi connectivity index (χ2n) is 5.89. The third kappa shape index (κ3) is 4.55. The van der Waals surface area contributed by atoms with Gasteiger partial charge in [-0.25, -0.2) is 0 Å². The standard InChI is InChI=1S/C19H27NO/c1-4-20-18(12-15(2)14-21-3)13-17-10-7-9-16-8-5-6-11-19(16)17/h5-11,15,18,20H,4,12-14H2,1-3H3. The quantitative estimate of drug-likeness (QED) is 0.790. The lowest BCUT2D eigenvalue weighted by atomic mass is 9.93. The van der Waals surface area contributed by atoms with Crippen molar-refractivity contribution in [2.24, 2.45) is 5.92 Å². The van der Waals surface area contributed by atoms with Crippen LogP contribution in [0, 0.1) is 5.92 Å². The van der Waals surface area contributed by atoms with Gasteiger partial charge in [0.2, 0.25) is 0 Å². The highest BCUT2D eigenvalue weighted by molar-refractivity contribution is 5.85. The zero-order valence-corrected chi connectivity index (χ0v) is 13.4. The number of nitrogens with one attached hydrogen (secondary N) is 1. The summed E-state index contributed by atoms with van der Waals surface area (Å²) in [7, 11) is 1.78. The van der Waals surface area contributed by atoms with E-state index in [4.69, 9.17) is 4.74 Å². The lowest BCUT2D eigenvalue weighted by Gasteiger charge is -2.22. The summed E-state index contributed by atoms with van der Waals surface area (Å²) < 4.78 is 5.28. The molecule has 2 heteroatoms. The van der Waals surface area contributed by atoms with Gasteiger partial charge in [0, 0.05) is 19.8 Å². The molecule has 0 spiro atoms. The van der Waals surface area contributed by atoms with Crippen LogP contribution in [0.3, 0.4) is 0 Å². The van der Waals surface area contributed by atoms with Crippen molar-refractivity contribution in [3.05, 3.63) is 48.0 Å². The van der Waals surface area contributed by atoms with E-state index >= 15 is 0 Å². The lowest BCUT2D eigenvalue weighted by molar-refractivity contribution is 0.149. The van der Waals surface area contributed by atoms with Gasteiger partial charge in [-0.2, -0.15) is 0 Å². The Labute approximate surface area is 128 Å². The largest absolute Gasteiger partial charge is 0.384 e. The molecule has 1 N–H and O–H groups in total. The lowest BCUT2D eigenvalue weighted by Crippen LogP contribution is -2.33. The SMILES string of the molecule is CCNC(Cc1cccc2ccccc12)CC(C)COC. The van der Waals surface area contributed by atoms with E-state index in [-0.39, 0.29) is 0 Å². The first kappa shape index (κ1) is 16.0. The molecule has 21 heavy (non-hydrogen) atoms. The Balaban J connectivity index is 2.14. The maximum absolute atomic E-state index is 5.28. The van der Waals surface area contributed by atoms with Gasteiger partial charge in [0.25, 0.3) is 0 Å². The predicted molar refractivity (Wildman–Crippen MR) is 90.8 cm³/mol. The summed E-state index contributed by atoms with van der Waals surface area (Å²) in [5, 5.41) is 6.34. The van der Waals surface area contributed by atoms with Crippen LogP contribution in [0.4, 0.5) is 0 Å². The molecule has 2 aromatic carbocycles. The predicted octanol–water partition coefficient (Wildman–Crippen LogP) is 4.03. The van der Waals surface area contributed by atoms with Crippen molar-refractivity contribution in [1.82, 2.24) is 5.32 Å². The Hall–Kier alpha value is -1.38. The first-order valence-electron chi connectivity index (χ1n) is 7.93. The fourth-order valence-electron chi connectivity index (χ4n) is 3.10. The zero-order chi connectivity index (χ0) is 15.1. The van der Waals surface area contributed by atoms with Gasteiger partial charge in [-0.15, -0.1) is 0 Å². The van der Waals surface area contributed by atoms with Gasteiger partial charge >= 0.3 is 0 Å². The molecule has 2 unspecified atom stereocenters. The number of benzene rings is 2. The van der Waals surface area contributed by atoms with Gasteiger partial charge in [-0.05, 0) is 41.6 Å². The second-order valence-corrected chi connectivity index (χ2v) is 5.89. The summed E-state index contributed by atoms with van der Waals surface area (Å²) in [6.07, 6.45) is 2.22. The molecule has 0 heterocycles. The Morgan fingerprint density at radius 3 is 2.62 bits per heavy atom. The minimum atomic E-state index is 0.506. The van der Waals surface area contributed by atoms with Crippen LogP contribution in [0.1, 0.15) is 25.8 Å². The summed E-state index contributed by atoms with van der Waals surface area (Å²) in [6.45, 7) is 6.28. The second kappa shape index (κ2) is 8.16. The fraction of sp³-hybridized carbons (Fsp3) is 0.474.